The second-order valence-corrected chi connectivity index (χ2v) is 8.96. The maximum absolute atomic E-state index is 14.3. The topological polar surface area (TPSA) is 65.5 Å². The van der Waals surface area contributed by atoms with E-state index >= 15 is 0 Å². The van der Waals surface area contributed by atoms with Crippen LogP contribution in [-0.4, -0.2) is 23.8 Å². The number of carbonyl (C=O) groups is 2. The molecule has 176 valence electrons. The first-order valence-electron chi connectivity index (χ1n) is 11.4. The largest absolute Gasteiger partial charge is 0.481 e. The predicted octanol–water partition coefficient (Wildman–Crippen LogP) is 6.14. The zero-order valence-electron chi connectivity index (χ0n) is 19.8. The molecule has 34 heavy (non-hydrogen) atoms. The molecule has 2 aromatic carbocycles. The van der Waals surface area contributed by atoms with Crippen molar-refractivity contribution in [3.63, 3.8) is 0 Å². The van der Waals surface area contributed by atoms with Crippen LogP contribution < -0.4 is 9.47 Å². The van der Waals surface area contributed by atoms with Crippen molar-refractivity contribution in [3.05, 3.63) is 77.2 Å². The Hall–Kier alpha value is -3.54. The van der Waals surface area contributed by atoms with Crippen LogP contribution in [0.2, 0.25) is 0 Å². The van der Waals surface area contributed by atoms with Crippen molar-refractivity contribution in [1.29, 1.82) is 0 Å². The van der Waals surface area contributed by atoms with Crippen LogP contribution in [0.4, 0.5) is 4.39 Å². The molecule has 2 atom stereocenters. The maximum Gasteiger partial charge on any atom is 0.343 e. The summed E-state index contributed by atoms with van der Waals surface area (Å²) in [5, 5.41) is 0. The van der Waals surface area contributed by atoms with Crippen molar-refractivity contribution in [2.45, 2.75) is 39.5 Å². The summed E-state index contributed by atoms with van der Waals surface area (Å²) in [5.74, 6) is 0.488. The van der Waals surface area contributed by atoms with E-state index in [9.17, 15) is 14.0 Å². The lowest BCUT2D eigenvalue weighted by Gasteiger charge is -2.22. The highest BCUT2D eigenvalue weighted by Crippen LogP contribution is 2.47. The van der Waals surface area contributed by atoms with E-state index in [2.05, 4.69) is 4.98 Å². The van der Waals surface area contributed by atoms with Crippen LogP contribution in [-0.2, 0) is 4.79 Å². The minimum absolute atomic E-state index is 0.0829. The van der Waals surface area contributed by atoms with E-state index in [1.165, 1.54) is 13.2 Å². The molecule has 0 spiro atoms. The molecule has 0 amide bonds. The zero-order valence-corrected chi connectivity index (χ0v) is 19.8. The van der Waals surface area contributed by atoms with Gasteiger partial charge in [-0.15, -0.1) is 0 Å². The second-order valence-electron chi connectivity index (χ2n) is 8.96. The number of ketones is 1. The van der Waals surface area contributed by atoms with Gasteiger partial charge < -0.3 is 9.47 Å². The highest BCUT2D eigenvalue weighted by molar-refractivity contribution is 5.93. The number of benzene rings is 2. The van der Waals surface area contributed by atoms with Gasteiger partial charge in [0.25, 0.3) is 0 Å². The number of carbonyl (C=O) groups excluding carboxylic acids is 2. The number of hydrogen-bond acceptors (Lipinski definition) is 5. The first-order valence-corrected chi connectivity index (χ1v) is 11.4. The molecule has 0 N–H and O–H groups in total. The summed E-state index contributed by atoms with van der Waals surface area (Å²) in [6.45, 7) is 5.38. The Morgan fingerprint density at radius 3 is 2.53 bits per heavy atom. The Morgan fingerprint density at radius 2 is 1.88 bits per heavy atom. The Bertz CT molecular complexity index is 1230. The number of aryl methyl sites for hydroxylation is 1. The summed E-state index contributed by atoms with van der Waals surface area (Å²) >= 11 is 0. The molecule has 1 heterocycles. The lowest BCUT2D eigenvalue weighted by Crippen LogP contribution is -2.19. The van der Waals surface area contributed by atoms with E-state index in [1.54, 1.807) is 38.1 Å². The quantitative estimate of drug-likeness (QED) is 0.298. The fourth-order valence-corrected chi connectivity index (χ4v) is 4.44. The summed E-state index contributed by atoms with van der Waals surface area (Å²) in [6.07, 6.45) is 3.34. The van der Waals surface area contributed by atoms with Gasteiger partial charge in [-0.05, 0) is 73.4 Å². The number of halogens is 1. The molecule has 1 aliphatic carbocycles. The van der Waals surface area contributed by atoms with Gasteiger partial charge in [-0.25, -0.2) is 14.2 Å². The fourth-order valence-electron chi connectivity index (χ4n) is 4.44. The SMILES string of the molecule is COc1cc(-c2ccc(C(=O)Oc3cccc([C@H](C4CC4)[C@H](C)C(C)=O)c3)c(C)c2)c(F)cn1. The van der Waals surface area contributed by atoms with Gasteiger partial charge in [0.15, 0.2) is 0 Å². The highest BCUT2D eigenvalue weighted by Gasteiger charge is 2.37. The molecule has 1 aromatic heterocycles. The molecular formula is C28H28FNO4. The molecule has 4 rings (SSSR count). The van der Waals surface area contributed by atoms with Crippen molar-refractivity contribution in [3.8, 4) is 22.8 Å². The van der Waals surface area contributed by atoms with Gasteiger partial charge in [0, 0.05) is 17.5 Å². The van der Waals surface area contributed by atoms with Crippen LogP contribution >= 0.6 is 0 Å². The van der Waals surface area contributed by atoms with E-state index in [1.807, 2.05) is 25.1 Å². The first kappa shape index (κ1) is 23.6. The lowest BCUT2D eigenvalue weighted by atomic mass is 9.81. The summed E-state index contributed by atoms with van der Waals surface area (Å²) in [5.41, 5.74) is 3.03. The molecule has 6 heteroatoms. The van der Waals surface area contributed by atoms with Gasteiger partial charge in [0.05, 0.1) is 18.9 Å². The lowest BCUT2D eigenvalue weighted by molar-refractivity contribution is -0.121. The second kappa shape index (κ2) is 9.75. The van der Waals surface area contributed by atoms with E-state index < -0.39 is 11.8 Å². The Kier molecular flexibility index (Phi) is 6.77. The van der Waals surface area contributed by atoms with Gasteiger partial charge in [-0.3, -0.25) is 4.79 Å². The van der Waals surface area contributed by atoms with Gasteiger partial charge in [-0.2, -0.15) is 0 Å². The average Bonchev–Trinajstić information content (AvgIpc) is 3.64. The van der Waals surface area contributed by atoms with Crippen LogP contribution in [0.25, 0.3) is 11.1 Å². The van der Waals surface area contributed by atoms with Crippen LogP contribution in [0, 0.1) is 24.6 Å². The monoisotopic (exact) mass is 461 g/mol. The maximum atomic E-state index is 14.3. The number of hydrogen-bond donors (Lipinski definition) is 0. The summed E-state index contributed by atoms with van der Waals surface area (Å²) < 4.78 is 25.1. The number of methoxy groups -OCH3 is 1. The summed E-state index contributed by atoms with van der Waals surface area (Å²) in [6, 6.07) is 14.0. The molecule has 0 radical (unpaired) electrons. The van der Waals surface area contributed by atoms with E-state index in [0.717, 1.165) is 24.6 Å². The Labute approximate surface area is 198 Å². The molecule has 3 aromatic rings. The van der Waals surface area contributed by atoms with E-state index in [-0.39, 0.29) is 17.6 Å². The molecule has 0 saturated heterocycles. The number of nitrogens with zero attached hydrogens (tertiary/aromatic N) is 1. The number of Topliss-reactive ketones (excluding diaryl/α,β-unsaturated/α-hetero) is 1. The van der Waals surface area contributed by atoms with Crippen LogP contribution in [0.3, 0.4) is 0 Å². The molecule has 1 fully saturated rings. The van der Waals surface area contributed by atoms with Crippen molar-refractivity contribution in [2.75, 3.05) is 7.11 Å². The third kappa shape index (κ3) is 5.01. The normalized spacial score (nSPS) is 14.9. The smallest absolute Gasteiger partial charge is 0.343 e. The summed E-state index contributed by atoms with van der Waals surface area (Å²) in [4.78, 5) is 28.8. The van der Waals surface area contributed by atoms with Gasteiger partial charge in [0.1, 0.15) is 17.3 Å². The number of pyridine rings is 1. The molecule has 1 saturated carbocycles. The predicted molar refractivity (Wildman–Crippen MR) is 128 cm³/mol. The first-order chi connectivity index (χ1) is 16.3. The van der Waals surface area contributed by atoms with Crippen molar-refractivity contribution in [1.82, 2.24) is 4.98 Å². The third-order valence-corrected chi connectivity index (χ3v) is 6.56. The zero-order chi connectivity index (χ0) is 24.4. The van der Waals surface area contributed by atoms with Crippen LogP contribution in [0.15, 0.2) is 54.7 Å². The number of ether oxygens (including phenoxy) is 2. The van der Waals surface area contributed by atoms with Crippen LogP contribution in [0.1, 0.15) is 54.1 Å². The number of aromatic nitrogens is 1. The molecule has 5 nitrogen and oxygen atoms in total. The Balaban J connectivity index is 1.56. The molecular weight excluding hydrogens is 433 g/mol. The third-order valence-electron chi connectivity index (χ3n) is 6.56. The minimum Gasteiger partial charge on any atom is -0.481 e. The average molecular weight is 462 g/mol. The molecule has 1 aliphatic rings. The van der Waals surface area contributed by atoms with Gasteiger partial charge >= 0.3 is 5.97 Å². The minimum atomic E-state index is -0.489. The van der Waals surface area contributed by atoms with Crippen molar-refractivity contribution >= 4 is 11.8 Å². The summed E-state index contributed by atoms with van der Waals surface area (Å²) in [7, 11) is 1.47. The molecule has 0 aliphatic heterocycles. The number of esters is 1. The molecule has 0 unspecified atom stereocenters. The van der Waals surface area contributed by atoms with E-state index in [4.69, 9.17) is 9.47 Å². The van der Waals surface area contributed by atoms with Gasteiger partial charge in [0.2, 0.25) is 5.88 Å². The molecule has 0 bridgehead atoms. The number of rotatable bonds is 8. The highest BCUT2D eigenvalue weighted by atomic mass is 19.1. The van der Waals surface area contributed by atoms with Crippen LogP contribution in [0.5, 0.6) is 11.6 Å². The van der Waals surface area contributed by atoms with Gasteiger partial charge in [-0.1, -0.05) is 31.2 Å². The van der Waals surface area contributed by atoms with Crippen molar-refractivity contribution in [2.24, 2.45) is 11.8 Å². The standard InChI is InChI=1S/C28H28FNO4/c1-16-12-20(24-14-26(33-4)30-15-25(24)29)10-11-23(16)28(32)34-22-7-5-6-21(13-22)27(19-8-9-19)17(2)18(3)31/h5-7,10-15,17,19,27H,8-9H2,1-4H3/t17-,27+/m1/s1. The Morgan fingerprint density at radius 1 is 1.12 bits per heavy atom. The fraction of sp³-hybridized carbons (Fsp3) is 0.321. The van der Waals surface area contributed by atoms with Crippen molar-refractivity contribution < 1.29 is 23.5 Å². The van der Waals surface area contributed by atoms with E-state index in [0.29, 0.717) is 39.8 Å².